The summed E-state index contributed by atoms with van der Waals surface area (Å²) in [5.41, 5.74) is 0.494. The summed E-state index contributed by atoms with van der Waals surface area (Å²) < 4.78 is 0. The fraction of sp³-hybridized carbons (Fsp3) is 0.875. The van der Waals surface area contributed by atoms with Crippen LogP contribution in [-0.4, -0.2) is 11.1 Å². The molecule has 2 heteroatoms. The van der Waals surface area contributed by atoms with Crippen LogP contribution >= 0.6 is 0 Å². The minimum atomic E-state index is -0.777. The maximum absolute atomic E-state index is 10.9. The molecule has 1 atom stereocenters. The molecular weight excluding hydrogens is 320 g/mol. The first-order valence-electron chi connectivity index (χ1n) is 11.5. The van der Waals surface area contributed by atoms with E-state index >= 15 is 0 Å². The van der Waals surface area contributed by atoms with Crippen LogP contribution in [0.1, 0.15) is 130 Å². The van der Waals surface area contributed by atoms with E-state index in [1.165, 1.54) is 96.3 Å². The lowest BCUT2D eigenvalue weighted by Crippen LogP contribution is -2.02. The lowest BCUT2D eigenvalue weighted by atomic mass is 9.90. The van der Waals surface area contributed by atoms with Gasteiger partial charge in [-0.15, -0.1) is 0 Å². The Labute approximate surface area is 163 Å². The van der Waals surface area contributed by atoms with Crippen molar-refractivity contribution in [2.24, 2.45) is 5.92 Å². The number of hydrogen-bond donors (Lipinski definition) is 1. The second-order valence-corrected chi connectivity index (χ2v) is 8.10. The molecular formula is C24H46O2. The number of carbonyl (C=O) groups is 1. The van der Waals surface area contributed by atoms with Gasteiger partial charge in [0.1, 0.15) is 0 Å². The van der Waals surface area contributed by atoms with Crippen LogP contribution in [0, 0.1) is 5.92 Å². The van der Waals surface area contributed by atoms with Gasteiger partial charge in [0.25, 0.3) is 0 Å². The summed E-state index contributed by atoms with van der Waals surface area (Å²) in [4.78, 5) is 10.9. The van der Waals surface area contributed by atoms with Crippen molar-refractivity contribution >= 4 is 5.97 Å². The molecule has 0 saturated carbocycles. The van der Waals surface area contributed by atoms with E-state index in [1.54, 1.807) is 6.92 Å². The largest absolute Gasteiger partial charge is 0.478 e. The average Bonchev–Trinajstić information content (AvgIpc) is 2.63. The molecule has 1 N–H and O–H groups in total. The molecule has 0 heterocycles. The summed E-state index contributed by atoms with van der Waals surface area (Å²) in [6, 6.07) is 0. The number of rotatable bonds is 19. The van der Waals surface area contributed by atoms with E-state index in [2.05, 4.69) is 13.8 Å². The number of aliphatic carboxylic acids is 1. The Bertz CT molecular complexity index is 346. The first-order chi connectivity index (χ1) is 12.6. The Morgan fingerprint density at radius 3 is 1.69 bits per heavy atom. The first kappa shape index (κ1) is 25.2. The third-order valence-electron chi connectivity index (χ3n) is 5.54. The van der Waals surface area contributed by atoms with E-state index < -0.39 is 5.97 Å². The number of unbranched alkanes of at least 4 members (excludes halogenated alkanes) is 11. The first-order valence-corrected chi connectivity index (χ1v) is 11.5. The molecule has 0 aromatic rings. The molecule has 0 aliphatic carbocycles. The molecule has 0 aromatic carbocycles. The highest BCUT2D eigenvalue weighted by Crippen LogP contribution is 2.23. The number of hydrogen-bond acceptors (Lipinski definition) is 1. The Kier molecular flexibility index (Phi) is 18.4. The standard InChI is InChI=1S/C24H46O2/c1-4-6-8-9-10-11-12-13-14-15-16-20-23(19-7-5-2)21-17-18-22(3)24(25)26/h18,23H,4-17,19-21H2,1-3H3,(H,25,26). The molecule has 0 aromatic heterocycles. The molecule has 0 aliphatic heterocycles. The zero-order valence-electron chi connectivity index (χ0n) is 18.0. The van der Waals surface area contributed by atoms with E-state index in [1.807, 2.05) is 6.08 Å². The molecule has 0 bridgehead atoms. The van der Waals surface area contributed by atoms with Gasteiger partial charge in [-0.3, -0.25) is 0 Å². The predicted octanol–water partition coefficient (Wildman–Crippen LogP) is 8.31. The van der Waals surface area contributed by atoms with Gasteiger partial charge in [-0.1, -0.05) is 116 Å². The molecule has 0 aliphatic rings. The Morgan fingerprint density at radius 1 is 0.731 bits per heavy atom. The third-order valence-corrected chi connectivity index (χ3v) is 5.54. The van der Waals surface area contributed by atoms with E-state index in [9.17, 15) is 4.79 Å². The lowest BCUT2D eigenvalue weighted by Gasteiger charge is -2.15. The Hall–Kier alpha value is -0.790. The summed E-state index contributed by atoms with van der Waals surface area (Å²) in [6.07, 6.45) is 24.6. The topological polar surface area (TPSA) is 37.3 Å². The molecule has 0 saturated heterocycles. The van der Waals surface area contributed by atoms with Crippen molar-refractivity contribution in [2.45, 2.75) is 130 Å². The maximum atomic E-state index is 10.9. The monoisotopic (exact) mass is 366 g/mol. The molecule has 0 fully saturated rings. The molecule has 2 nitrogen and oxygen atoms in total. The van der Waals surface area contributed by atoms with Gasteiger partial charge >= 0.3 is 5.97 Å². The summed E-state index contributed by atoms with van der Waals surface area (Å²) in [5.74, 6) is 0.00633. The van der Waals surface area contributed by atoms with Crippen molar-refractivity contribution in [3.05, 3.63) is 11.6 Å². The van der Waals surface area contributed by atoms with Crippen LogP contribution in [0.2, 0.25) is 0 Å². The van der Waals surface area contributed by atoms with Crippen molar-refractivity contribution in [1.29, 1.82) is 0 Å². The molecule has 0 radical (unpaired) electrons. The Morgan fingerprint density at radius 2 is 1.19 bits per heavy atom. The minimum absolute atomic E-state index is 0.494. The van der Waals surface area contributed by atoms with E-state index in [0.717, 1.165) is 18.8 Å². The van der Waals surface area contributed by atoms with Gasteiger partial charge in [0.15, 0.2) is 0 Å². The van der Waals surface area contributed by atoms with Crippen LogP contribution in [0.3, 0.4) is 0 Å². The summed E-state index contributed by atoms with van der Waals surface area (Å²) in [7, 11) is 0. The second kappa shape index (κ2) is 19.0. The molecule has 154 valence electrons. The maximum Gasteiger partial charge on any atom is 0.330 e. The minimum Gasteiger partial charge on any atom is -0.478 e. The van der Waals surface area contributed by atoms with Crippen molar-refractivity contribution in [3.63, 3.8) is 0 Å². The zero-order chi connectivity index (χ0) is 19.5. The van der Waals surface area contributed by atoms with Gasteiger partial charge < -0.3 is 5.11 Å². The molecule has 0 rings (SSSR count). The number of carboxylic acids is 1. The van der Waals surface area contributed by atoms with Crippen molar-refractivity contribution in [1.82, 2.24) is 0 Å². The number of carboxylic acid groups (broad SMARTS) is 1. The van der Waals surface area contributed by atoms with Gasteiger partial charge in [0.2, 0.25) is 0 Å². The smallest absolute Gasteiger partial charge is 0.330 e. The van der Waals surface area contributed by atoms with Gasteiger partial charge in [-0.05, 0) is 25.7 Å². The van der Waals surface area contributed by atoms with Gasteiger partial charge in [0.05, 0.1) is 0 Å². The fourth-order valence-corrected chi connectivity index (χ4v) is 3.65. The van der Waals surface area contributed by atoms with Crippen LogP contribution < -0.4 is 0 Å². The van der Waals surface area contributed by atoms with Crippen LogP contribution in [0.5, 0.6) is 0 Å². The fourth-order valence-electron chi connectivity index (χ4n) is 3.65. The van der Waals surface area contributed by atoms with Crippen LogP contribution in [0.15, 0.2) is 11.6 Å². The van der Waals surface area contributed by atoms with Gasteiger partial charge in [0, 0.05) is 5.57 Å². The van der Waals surface area contributed by atoms with Gasteiger partial charge in [-0.2, -0.15) is 0 Å². The highest BCUT2D eigenvalue weighted by molar-refractivity contribution is 5.85. The number of allylic oxidation sites excluding steroid dienone is 1. The third kappa shape index (κ3) is 16.7. The quantitative estimate of drug-likeness (QED) is 0.184. The van der Waals surface area contributed by atoms with Crippen LogP contribution in [0.4, 0.5) is 0 Å². The second-order valence-electron chi connectivity index (χ2n) is 8.10. The Balaban J connectivity index is 3.70. The van der Waals surface area contributed by atoms with Crippen LogP contribution in [-0.2, 0) is 4.79 Å². The van der Waals surface area contributed by atoms with E-state index in [4.69, 9.17) is 5.11 Å². The van der Waals surface area contributed by atoms with Crippen LogP contribution in [0.25, 0.3) is 0 Å². The predicted molar refractivity (Wildman–Crippen MR) is 115 cm³/mol. The summed E-state index contributed by atoms with van der Waals surface area (Å²) in [6.45, 7) is 6.24. The normalized spacial score (nSPS) is 13.1. The molecule has 26 heavy (non-hydrogen) atoms. The molecule has 0 spiro atoms. The lowest BCUT2D eigenvalue weighted by molar-refractivity contribution is -0.132. The van der Waals surface area contributed by atoms with Crippen molar-refractivity contribution < 1.29 is 9.90 Å². The highest BCUT2D eigenvalue weighted by atomic mass is 16.4. The average molecular weight is 367 g/mol. The molecule has 0 amide bonds. The van der Waals surface area contributed by atoms with E-state index in [-0.39, 0.29) is 0 Å². The summed E-state index contributed by atoms with van der Waals surface area (Å²) >= 11 is 0. The highest BCUT2D eigenvalue weighted by Gasteiger charge is 2.08. The summed E-state index contributed by atoms with van der Waals surface area (Å²) in [5, 5.41) is 8.94. The van der Waals surface area contributed by atoms with Gasteiger partial charge in [-0.25, -0.2) is 4.79 Å². The van der Waals surface area contributed by atoms with Crippen molar-refractivity contribution in [2.75, 3.05) is 0 Å². The zero-order valence-corrected chi connectivity index (χ0v) is 18.0. The SMILES string of the molecule is CCCCCCCCCCCCCC(CCC=C(C)C(=O)O)CCCC. The van der Waals surface area contributed by atoms with Crippen molar-refractivity contribution in [3.8, 4) is 0 Å². The molecule has 1 unspecified atom stereocenters. The van der Waals surface area contributed by atoms with E-state index in [0.29, 0.717) is 5.57 Å².